The Labute approximate surface area is 397 Å². The van der Waals surface area contributed by atoms with Crippen molar-refractivity contribution in [3.05, 3.63) is 76.3 Å². The molecule has 356 valence electrons. The van der Waals surface area contributed by atoms with Gasteiger partial charge < -0.3 is 40.6 Å². The number of ether oxygens (including phenoxy) is 4. The summed E-state index contributed by atoms with van der Waals surface area (Å²) in [5, 5.41) is 33.0. The highest BCUT2D eigenvalue weighted by atomic mass is 32.2. The van der Waals surface area contributed by atoms with Crippen LogP contribution < -0.4 is 26.4 Å². The van der Waals surface area contributed by atoms with Crippen LogP contribution in [-0.2, 0) is 34.3 Å². The van der Waals surface area contributed by atoms with Crippen LogP contribution in [0.4, 0.5) is 10.6 Å². The number of hydrogen-bond acceptors (Lipinski definition) is 16. The van der Waals surface area contributed by atoms with E-state index < -0.39 is 17.7 Å². The first-order chi connectivity index (χ1) is 31.3. The summed E-state index contributed by atoms with van der Waals surface area (Å²) >= 11 is 2.98. The van der Waals surface area contributed by atoms with Crippen molar-refractivity contribution in [2.75, 3.05) is 45.2 Å². The van der Waals surface area contributed by atoms with Gasteiger partial charge in [0.25, 0.3) is 6.47 Å². The Morgan fingerprint density at radius 1 is 0.879 bits per heavy atom. The second-order valence-electron chi connectivity index (χ2n) is 16.5. The fourth-order valence-corrected chi connectivity index (χ4v) is 7.25. The smallest absolute Gasteiger partial charge is 0.405 e. The largest absolute Gasteiger partial charge is 0.490 e. The number of nitriles is 2. The maximum Gasteiger partial charge on any atom is 0.405 e. The lowest BCUT2D eigenvalue weighted by atomic mass is 9.96. The van der Waals surface area contributed by atoms with E-state index in [1.807, 2.05) is 40.1 Å². The number of primary amides is 1. The number of pyridine rings is 1. The van der Waals surface area contributed by atoms with Crippen molar-refractivity contribution >= 4 is 53.4 Å². The number of unbranched alkanes of at least 4 members (excludes halogenated alkanes) is 2. The molecule has 0 bridgehead atoms. The highest BCUT2D eigenvalue weighted by Gasteiger charge is 2.22. The van der Waals surface area contributed by atoms with Crippen LogP contribution in [0.2, 0.25) is 0 Å². The van der Waals surface area contributed by atoms with Crippen molar-refractivity contribution in [3.63, 3.8) is 0 Å². The molecule has 4 rings (SSSR count). The summed E-state index contributed by atoms with van der Waals surface area (Å²) in [6.07, 6.45) is 3.20. The molecule has 0 fully saturated rings. The molecule has 66 heavy (non-hydrogen) atoms. The monoisotopic (exact) mass is 944 g/mol. The molecule has 0 saturated carbocycles. The molecule has 0 atom stereocenters. The summed E-state index contributed by atoms with van der Waals surface area (Å²) < 4.78 is 20.1. The van der Waals surface area contributed by atoms with Gasteiger partial charge in [-0.15, -0.1) is 11.3 Å². The van der Waals surface area contributed by atoms with E-state index in [9.17, 15) is 29.7 Å². The van der Waals surface area contributed by atoms with Crippen LogP contribution in [0.1, 0.15) is 103 Å². The Bertz CT molecular complexity index is 2220. The van der Waals surface area contributed by atoms with Gasteiger partial charge in [0, 0.05) is 35.2 Å². The molecule has 0 aliphatic heterocycles. The van der Waals surface area contributed by atoms with Crippen molar-refractivity contribution in [3.8, 4) is 39.6 Å². The minimum Gasteiger partial charge on any atom is -0.490 e. The van der Waals surface area contributed by atoms with Crippen molar-refractivity contribution in [1.82, 2.24) is 20.6 Å². The van der Waals surface area contributed by atoms with E-state index in [1.54, 1.807) is 56.4 Å². The summed E-state index contributed by atoms with van der Waals surface area (Å²) in [4.78, 5) is 53.1. The van der Waals surface area contributed by atoms with Crippen LogP contribution in [0, 0.1) is 29.6 Å². The van der Waals surface area contributed by atoms with Gasteiger partial charge in [-0.1, -0.05) is 67.1 Å². The number of esters is 1. The second-order valence-corrected chi connectivity index (χ2v) is 18.3. The first-order valence-electron chi connectivity index (χ1n) is 21.5. The molecule has 18 heteroatoms. The summed E-state index contributed by atoms with van der Waals surface area (Å²) in [6.45, 7) is 16.8. The Balaban J connectivity index is 0.000000854. The number of carbonyl (C=O) groups excluding carboxylic acids is 4. The van der Waals surface area contributed by atoms with E-state index in [0.29, 0.717) is 64.0 Å². The summed E-state index contributed by atoms with van der Waals surface area (Å²) in [6, 6.07) is 19.9. The zero-order valence-electron chi connectivity index (χ0n) is 39.5. The maximum absolute atomic E-state index is 12.0. The number of amides is 2. The molecule has 0 radical (unpaired) electrons. The molecule has 5 N–H and O–H groups in total. The zero-order chi connectivity index (χ0) is 49.1. The maximum atomic E-state index is 12.0. The molecular formula is C48H64N8O8S2. The van der Waals surface area contributed by atoms with Crippen LogP contribution in [0.3, 0.4) is 0 Å². The predicted molar refractivity (Wildman–Crippen MR) is 259 cm³/mol. The Hall–Kier alpha value is -6.21. The molecule has 2 amide bonds. The molecule has 0 aliphatic rings. The molecule has 0 unspecified atom stereocenters. The van der Waals surface area contributed by atoms with Gasteiger partial charge in [0.05, 0.1) is 11.3 Å². The molecule has 4 aromatic rings. The quantitative estimate of drug-likeness (QED) is 0.0201. The summed E-state index contributed by atoms with van der Waals surface area (Å²) in [7, 11) is 1.89. The van der Waals surface area contributed by atoms with Gasteiger partial charge in [-0.3, -0.25) is 14.4 Å². The molecule has 2 aromatic heterocycles. The number of carbonyl (C=O) groups is 4. The molecule has 0 spiro atoms. The number of aromatic nitrogens is 2. The van der Waals surface area contributed by atoms with Gasteiger partial charge in [-0.2, -0.15) is 10.5 Å². The van der Waals surface area contributed by atoms with Crippen LogP contribution >= 0.6 is 23.1 Å². The lowest BCUT2D eigenvalue weighted by Gasteiger charge is -2.16. The lowest BCUT2D eigenvalue weighted by Crippen LogP contribution is -2.31. The van der Waals surface area contributed by atoms with Crippen LogP contribution in [0.15, 0.2) is 58.9 Å². The standard InChI is InChI=1S/C38H43N7O4S2.C5H11NO2.C5H10O2/c1-4-17-42-36-31(21-39)35(32(22-40)38(45-36)51-25-29-24-50-37(44-29)28-11-9-26(2)10-12-28)27-13-15-30(16-14-27)48-19-20-49-34(47)23-43-33(46)8-6-5-7-18-41-3;1-5(2,3)8-4(6)7;1-5(2,3)7-4-6/h9-16,24,41H,4-8,17-20,23,25H2,1-3H3,(H,42,45)(H,43,46);1-3H3,(H2,6,7);4H,1-3H3. The number of rotatable bonds is 21. The fourth-order valence-electron chi connectivity index (χ4n) is 5.44. The third kappa shape index (κ3) is 22.1. The van der Waals surface area contributed by atoms with E-state index in [2.05, 4.69) is 68.8 Å². The van der Waals surface area contributed by atoms with Gasteiger partial charge in [0.15, 0.2) is 0 Å². The number of hydrogen-bond donors (Lipinski definition) is 4. The first-order valence-corrected chi connectivity index (χ1v) is 23.4. The second kappa shape index (κ2) is 29.4. The van der Waals surface area contributed by atoms with E-state index in [4.69, 9.17) is 25.2 Å². The minimum absolute atomic E-state index is 0.0144. The van der Waals surface area contributed by atoms with Gasteiger partial charge in [0.1, 0.15) is 70.3 Å². The molecule has 0 saturated heterocycles. The van der Waals surface area contributed by atoms with Crippen LogP contribution in [0.25, 0.3) is 21.7 Å². The minimum atomic E-state index is -0.725. The van der Waals surface area contributed by atoms with Gasteiger partial charge in [-0.25, -0.2) is 14.8 Å². The number of benzene rings is 2. The fraction of sp³-hybridized carbons (Fsp3) is 0.458. The number of nitrogens with zero attached hydrogens (tertiary/aromatic N) is 4. The first kappa shape index (κ1) is 55.9. The average molecular weight is 945 g/mol. The molecule has 2 heterocycles. The van der Waals surface area contributed by atoms with Crippen molar-refractivity contribution in [1.29, 1.82) is 10.5 Å². The number of thioether (sulfide) groups is 1. The van der Waals surface area contributed by atoms with Crippen molar-refractivity contribution in [2.24, 2.45) is 5.73 Å². The number of thiazole rings is 1. The number of nitrogens with two attached hydrogens (primary N) is 1. The normalized spacial score (nSPS) is 10.7. The van der Waals surface area contributed by atoms with Crippen molar-refractivity contribution in [2.45, 2.75) is 109 Å². The number of aryl methyl sites for hydroxylation is 1. The Morgan fingerprint density at radius 2 is 1.55 bits per heavy atom. The SMILES string of the molecule is CC(C)(C)OC(N)=O.CC(C)(C)OC=O.CCCNc1nc(SCc2csc(-c3ccc(C)cc3)n2)c(C#N)c(-c2ccc(OCCOC(=O)CNC(=O)CCCCCNC)cc2)c1C#N. The average Bonchev–Trinajstić information content (AvgIpc) is 3.74. The number of anilines is 1. The topological polar surface area (TPSA) is 241 Å². The molecule has 2 aromatic carbocycles. The van der Waals surface area contributed by atoms with Crippen LogP contribution in [0.5, 0.6) is 5.75 Å². The van der Waals surface area contributed by atoms with E-state index in [-0.39, 0.29) is 31.3 Å². The van der Waals surface area contributed by atoms with Crippen molar-refractivity contribution < 1.29 is 38.1 Å². The summed E-state index contributed by atoms with van der Waals surface area (Å²) in [5.74, 6) is 0.748. The Morgan fingerprint density at radius 3 is 2.09 bits per heavy atom. The van der Waals surface area contributed by atoms with Crippen LogP contribution in [-0.4, -0.2) is 85.5 Å². The van der Waals surface area contributed by atoms with Gasteiger partial charge >= 0.3 is 12.1 Å². The molecule has 0 aliphatic carbocycles. The number of nitrogens with one attached hydrogen (secondary N) is 3. The van der Waals surface area contributed by atoms with E-state index in [0.717, 1.165) is 48.5 Å². The van der Waals surface area contributed by atoms with Gasteiger partial charge in [0.2, 0.25) is 5.91 Å². The predicted octanol–water partition coefficient (Wildman–Crippen LogP) is 8.69. The lowest BCUT2D eigenvalue weighted by molar-refractivity contribution is -0.144. The molecular weight excluding hydrogens is 881 g/mol. The van der Waals surface area contributed by atoms with Gasteiger partial charge in [-0.05, 0) is 99.0 Å². The highest BCUT2D eigenvalue weighted by Crippen LogP contribution is 2.38. The third-order valence-electron chi connectivity index (χ3n) is 8.46. The molecule has 16 nitrogen and oxygen atoms in total. The van der Waals surface area contributed by atoms with E-state index in [1.165, 1.54) is 17.3 Å². The van der Waals surface area contributed by atoms with E-state index >= 15 is 0 Å². The third-order valence-corrected chi connectivity index (χ3v) is 10.4. The Kier molecular flexibility index (Phi) is 24.9. The highest BCUT2D eigenvalue weighted by molar-refractivity contribution is 7.98. The summed E-state index contributed by atoms with van der Waals surface area (Å²) in [5.41, 5.74) is 8.84. The zero-order valence-corrected chi connectivity index (χ0v) is 41.1.